The van der Waals surface area contributed by atoms with Crippen molar-refractivity contribution in [2.45, 2.75) is 17.9 Å². The molecule has 0 saturated carbocycles. The van der Waals surface area contributed by atoms with Crippen molar-refractivity contribution in [3.05, 3.63) is 69.5 Å². The second kappa shape index (κ2) is 8.54. The van der Waals surface area contributed by atoms with E-state index in [1.54, 1.807) is 13.0 Å². The molecule has 0 aliphatic heterocycles. The Morgan fingerprint density at radius 1 is 1.23 bits per heavy atom. The Morgan fingerprint density at radius 3 is 2.31 bits per heavy atom. The van der Waals surface area contributed by atoms with Gasteiger partial charge in [-0.1, -0.05) is 12.1 Å². The van der Waals surface area contributed by atoms with Gasteiger partial charge in [-0.05, 0) is 36.2 Å². The van der Waals surface area contributed by atoms with Crippen LogP contribution in [-0.2, 0) is 10.0 Å². The summed E-state index contributed by atoms with van der Waals surface area (Å²) in [5.41, 5.74) is 6.88. The van der Waals surface area contributed by atoms with Crippen LogP contribution in [0, 0.1) is 22.9 Å². The molecule has 26 heavy (non-hydrogen) atoms. The fraction of sp³-hybridized carbons (Fsp3) is 0.250. The van der Waals surface area contributed by atoms with E-state index in [-0.39, 0.29) is 35.4 Å². The maximum atomic E-state index is 13.3. The number of hydrogen-bond acceptors (Lipinski definition) is 5. The van der Waals surface area contributed by atoms with Gasteiger partial charge in [-0.3, -0.25) is 10.1 Å². The highest BCUT2D eigenvalue weighted by Gasteiger charge is 2.24. The number of nitrogens with two attached hydrogens (primary N) is 1. The van der Waals surface area contributed by atoms with Crippen molar-refractivity contribution in [3.63, 3.8) is 0 Å². The Labute approximate surface area is 157 Å². The number of nitro benzene ring substituents is 1. The first-order valence-corrected chi connectivity index (χ1v) is 8.79. The molecule has 2 aromatic carbocycles. The Morgan fingerprint density at radius 2 is 1.81 bits per heavy atom. The molecule has 0 amide bonds. The van der Waals surface area contributed by atoms with Gasteiger partial charge in [0.1, 0.15) is 5.82 Å². The third-order valence-electron chi connectivity index (χ3n) is 3.82. The third-order valence-corrected chi connectivity index (χ3v) is 5.66. The standard InChI is InChI=1S/C16H18FN3O4S.ClH/c1-11-9-12(3-8-15(11)17)16(18)10-19(2)25(23,24)14-6-4-13(5-7-14)20(21)22;/h3-9,16H,10,18H2,1-2H3;1H/t16-;/m0./s1. The van der Waals surface area contributed by atoms with E-state index in [1.165, 1.54) is 31.3 Å². The monoisotopic (exact) mass is 403 g/mol. The molecule has 0 aromatic heterocycles. The van der Waals surface area contributed by atoms with Crippen molar-refractivity contribution in [2.24, 2.45) is 5.73 Å². The van der Waals surface area contributed by atoms with E-state index < -0.39 is 21.0 Å². The molecular formula is C16H19ClFN3O4S. The molecule has 10 heteroatoms. The summed E-state index contributed by atoms with van der Waals surface area (Å²) in [6.07, 6.45) is 0. The zero-order valence-corrected chi connectivity index (χ0v) is 15.8. The van der Waals surface area contributed by atoms with Crippen molar-refractivity contribution in [1.29, 1.82) is 0 Å². The number of aryl methyl sites for hydroxylation is 1. The molecule has 1 atom stereocenters. The quantitative estimate of drug-likeness (QED) is 0.589. The lowest BCUT2D eigenvalue weighted by Crippen LogP contribution is -2.34. The summed E-state index contributed by atoms with van der Waals surface area (Å²) in [4.78, 5) is 9.98. The van der Waals surface area contributed by atoms with Crippen LogP contribution in [0.3, 0.4) is 0 Å². The molecule has 0 heterocycles. The van der Waals surface area contributed by atoms with Crippen LogP contribution in [0.25, 0.3) is 0 Å². The van der Waals surface area contributed by atoms with Gasteiger partial charge >= 0.3 is 0 Å². The second-order valence-corrected chi connectivity index (χ2v) is 7.70. The summed E-state index contributed by atoms with van der Waals surface area (Å²) < 4.78 is 39.5. The third kappa shape index (κ3) is 4.76. The molecule has 0 bridgehead atoms. The predicted octanol–water partition coefficient (Wildman–Crippen LogP) is 2.78. The molecule has 0 fully saturated rings. The second-order valence-electron chi connectivity index (χ2n) is 5.65. The zero-order valence-electron chi connectivity index (χ0n) is 14.1. The molecule has 2 rings (SSSR count). The molecule has 0 saturated heterocycles. The Kier molecular flexibility index (Phi) is 7.22. The first-order chi connectivity index (χ1) is 11.6. The van der Waals surface area contributed by atoms with Gasteiger partial charge in [0.05, 0.1) is 9.82 Å². The predicted molar refractivity (Wildman–Crippen MR) is 98.2 cm³/mol. The summed E-state index contributed by atoms with van der Waals surface area (Å²) in [6.45, 7) is 1.58. The van der Waals surface area contributed by atoms with Gasteiger partial charge in [0.2, 0.25) is 10.0 Å². The van der Waals surface area contributed by atoms with Gasteiger partial charge in [-0.25, -0.2) is 12.8 Å². The van der Waals surface area contributed by atoms with Gasteiger partial charge in [-0.15, -0.1) is 12.4 Å². The number of halogens is 2. The number of hydrogen-bond donors (Lipinski definition) is 1. The van der Waals surface area contributed by atoms with E-state index >= 15 is 0 Å². The number of non-ortho nitro benzene ring substituents is 1. The van der Waals surface area contributed by atoms with E-state index in [0.29, 0.717) is 11.1 Å². The van der Waals surface area contributed by atoms with Crippen molar-refractivity contribution in [1.82, 2.24) is 4.31 Å². The lowest BCUT2D eigenvalue weighted by Gasteiger charge is -2.22. The molecule has 0 aliphatic carbocycles. The van der Waals surface area contributed by atoms with E-state index in [1.807, 2.05) is 0 Å². The average Bonchev–Trinajstić information content (AvgIpc) is 2.57. The summed E-state index contributed by atoms with van der Waals surface area (Å²) in [7, 11) is -2.48. The highest BCUT2D eigenvalue weighted by molar-refractivity contribution is 7.89. The molecule has 142 valence electrons. The molecule has 7 nitrogen and oxygen atoms in total. The van der Waals surface area contributed by atoms with Crippen LogP contribution < -0.4 is 5.73 Å². The molecule has 0 radical (unpaired) electrons. The van der Waals surface area contributed by atoms with Crippen LogP contribution in [0.1, 0.15) is 17.2 Å². The molecule has 0 spiro atoms. The number of benzene rings is 2. The van der Waals surface area contributed by atoms with Crippen LogP contribution in [0.15, 0.2) is 47.4 Å². The van der Waals surface area contributed by atoms with Crippen molar-refractivity contribution < 1.29 is 17.7 Å². The average molecular weight is 404 g/mol. The van der Waals surface area contributed by atoms with Crippen LogP contribution in [0.2, 0.25) is 0 Å². The van der Waals surface area contributed by atoms with E-state index in [4.69, 9.17) is 5.73 Å². The van der Waals surface area contributed by atoms with Crippen molar-refractivity contribution in [3.8, 4) is 0 Å². The summed E-state index contributed by atoms with van der Waals surface area (Å²) in [6, 6.07) is 8.35. The van der Waals surface area contributed by atoms with Gasteiger partial charge in [0.15, 0.2) is 0 Å². The van der Waals surface area contributed by atoms with Crippen molar-refractivity contribution >= 4 is 28.1 Å². The fourth-order valence-electron chi connectivity index (χ4n) is 2.30. The number of rotatable bonds is 6. The normalized spacial score (nSPS) is 12.5. The maximum absolute atomic E-state index is 13.3. The summed E-state index contributed by atoms with van der Waals surface area (Å²) in [5.74, 6) is -0.359. The molecular weight excluding hydrogens is 385 g/mol. The first-order valence-electron chi connectivity index (χ1n) is 7.35. The van der Waals surface area contributed by atoms with Gasteiger partial charge in [0, 0.05) is 31.8 Å². The van der Waals surface area contributed by atoms with Crippen LogP contribution in [0.4, 0.5) is 10.1 Å². The number of sulfonamides is 1. The molecule has 0 aliphatic rings. The minimum Gasteiger partial charge on any atom is -0.323 e. The van der Waals surface area contributed by atoms with E-state index in [2.05, 4.69) is 0 Å². The lowest BCUT2D eigenvalue weighted by atomic mass is 10.0. The lowest BCUT2D eigenvalue weighted by molar-refractivity contribution is -0.384. The minimum absolute atomic E-state index is 0. The first kappa shape index (κ1) is 22.0. The number of likely N-dealkylation sites (N-methyl/N-ethyl adjacent to an activating group) is 1. The van der Waals surface area contributed by atoms with Crippen LogP contribution in [-0.4, -0.2) is 31.2 Å². The highest BCUT2D eigenvalue weighted by atomic mass is 35.5. The van der Waals surface area contributed by atoms with Gasteiger partial charge in [0.25, 0.3) is 5.69 Å². The fourth-order valence-corrected chi connectivity index (χ4v) is 3.50. The van der Waals surface area contributed by atoms with Crippen molar-refractivity contribution in [2.75, 3.05) is 13.6 Å². The molecule has 0 unspecified atom stereocenters. The zero-order chi connectivity index (χ0) is 18.8. The summed E-state index contributed by atoms with van der Waals surface area (Å²) in [5, 5.41) is 10.7. The number of nitro groups is 1. The maximum Gasteiger partial charge on any atom is 0.269 e. The Hall–Kier alpha value is -2.07. The highest BCUT2D eigenvalue weighted by Crippen LogP contribution is 2.21. The largest absolute Gasteiger partial charge is 0.323 e. The molecule has 2 N–H and O–H groups in total. The molecule has 2 aromatic rings. The minimum atomic E-state index is -3.85. The number of nitrogens with zero attached hydrogens (tertiary/aromatic N) is 2. The Bertz CT molecular complexity index is 891. The van der Waals surface area contributed by atoms with E-state index in [0.717, 1.165) is 16.4 Å². The van der Waals surface area contributed by atoms with Gasteiger partial charge in [-0.2, -0.15) is 4.31 Å². The topological polar surface area (TPSA) is 107 Å². The Balaban J connectivity index is 0.00000338. The van der Waals surface area contributed by atoms with E-state index in [9.17, 15) is 22.9 Å². The smallest absolute Gasteiger partial charge is 0.269 e. The van der Waals surface area contributed by atoms with Crippen LogP contribution >= 0.6 is 12.4 Å². The van der Waals surface area contributed by atoms with Crippen LogP contribution in [0.5, 0.6) is 0 Å². The summed E-state index contributed by atoms with van der Waals surface area (Å²) >= 11 is 0. The SMILES string of the molecule is Cc1cc([C@@H](N)CN(C)S(=O)(=O)c2ccc([N+](=O)[O-])cc2)ccc1F.Cl. The van der Waals surface area contributed by atoms with Gasteiger partial charge < -0.3 is 5.73 Å².